The molecule has 2 aromatic heterocycles. The Bertz CT molecular complexity index is 1160. The number of anilines is 2. The lowest BCUT2D eigenvalue weighted by molar-refractivity contribution is 0.253. The van der Waals surface area contributed by atoms with E-state index in [0.29, 0.717) is 10.9 Å². The minimum atomic E-state index is -0.185. The van der Waals surface area contributed by atoms with Crippen LogP contribution in [0.25, 0.3) is 21.3 Å². The van der Waals surface area contributed by atoms with Crippen LogP contribution in [-0.2, 0) is 0 Å². The first-order valence-electron chi connectivity index (χ1n) is 9.04. The zero-order valence-corrected chi connectivity index (χ0v) is 19.6. The van der Waals surface area contributed by atoms with Gasteiger partial charge in [0.25, 0.3) is 0 Å². The highest BCUT2D eigenvalue weighted by Gasteiger charge is 2.22. The summed E-state index contributed by atoms with van der Waals surface area (Å²) in [7, 11) is 5.09. The van der Waals surface area contributed by atoms with Gasteiger partial charge in [0.15, 0.2) is 5.13 Å². The molecule has 0 atom stereocenters. The molecule has 162 valence electrons. The van der Waals surface area contributed by atoms with Gasteiger partial charge in [0.2, 0.25) is 0 Å². The second-order valence-corrected chi connectivity index (χ2v) is 7.44. The molecule has 6 nitrogen and oxygen atoms in total. The minimum absolute atomic E-state index is 0. The number of fused-ring (bicyclic) bond motifs is 1. The summed E-state index contributed by atoms with van der Waals surface area (Å²) >= 11 is 1.47. The second-order valence-electron chi connectivity index (χ2n) is 6.46. The molecule has 0 aliphatic rings. The lowest BCUT2D eigenvalue weighted by Crippen LogP contribution is -2.38. The van der Waals surface area contributed by atoms with E-state index in [9.17, 15) is 4.79 Å². The average Bonchev–Trinajstić information content (AvgIpc) is 3.23. The molecule has 0 saturated carbocycles. The van der Waals surface area contributed by atoms with E-state index in [1.165, 1.54) is 11.3 Å². The Hall–Kier alpha value is -2.87. The van der Waals surface area contributed by atoms with E-state index >= 15 is 0 Å². The van der Waals surface area contributed by atoms with E-state index in [0.717, 1.165) is 27.0 Å². The van der Waals surface area contributed by atoms with Crippen LogP contribution in [0.5, 0.6) is 5.75 Å². The van der Waals surface area contributed by atoms with Gasteiger partial charge in [0.1, 0.15) is 11.3 Å². The highest BCUT2D eigenvalue weighted by molar-refractivity contribution is 7.23. The summed E-state index contributed by atoms with van der Waals surface area (Å²) in [6.07, 6.45) is 3.32. The summed E-state index contributed by atoms with van der Waals surface area (Å²) in [5.41, 5.74) is 3.67. The van der Waals surface area contributed by atoms with Gasteiger partial charge in [-0.15, -0.1) is 24.8 Å². The van der Waals surface area contributed by atoms with Gasteiger partial charge in [-0.25, -0.2) is 9.78 Å². The monoisotopic (exact) mass is 476 g/mol. The third-order valence-electron chi connectivity index (χ3n) is 4.71. The fraction of sp³-hybridized carbons (Fsp3) is 0.136. The molecule has 0 N–H and O–H groups in total. The highest BCUT2D eigenvalue weighted by Crippen LogP contribution is 2.40. The number of amides is 2. The number of benzene rings is 2. The van der Waals surface area contributed by atoms with Crippen molar-refractivity contribution in [2.45, 2.75) is 0 Å². The molecule has 2 amide bonds. The number of carbonyl (C=O) groups excluding carboxylic acids is 1. The van der Waals surface area contributed by atoms with Crippen molar-refractivity contribution in [3.8, 4) is 16.9 Å². The van der Waals surface area contributed by atoms with Crippen LogP contribution in [0.2, 0.25) is 0 Å². The number of aromatic nitrogens is 2. The molecule has 4 aromatic rings. The number of halogens is 2. The normalized spacial score (nSPS) is 10.0. The van der Waals surface area contributed by atoms with Crippen molar-refractivity contribution in [1.29, 1.82) is 0 Å². The molecule has 0 spiro atoms. The van der Waals surface area contributed by atoms with Crippen LogP contribution in [0.15, 0.2) is 67.0 Å². The maximum atomic E-state index is 13.0. The van der Waals surface area contributed by atoms with Crippen LogP contribution in [0.3, 0.4) is 0 Å². The Labute approximate surface area is 197 Å². The van der Waals surface area contributed by atoms with E-state index in [2.05, 4.69) is 17.1 Å². The fourth-order valence-corrected chi connectivity index (χ4v) is 4.18. The smallest absolute Gasteiger partial charge is 0.330 e. The molecule has 0 aliphatic heterocycles. The number of hydrogen-bond acceptors (Lipinski definition) is 5. The maximum Gasteiger partial charge on any atom is 0.330 e. The average molecular weight is 477 g/mol. The summed E-state index contributed by atoms with van der Waals surface area (Å²) in [6, 6.07) is 17.5. The molecule has 2 aromatic carbocycles. The molecule has 0 fully saturated rings. The Kier molecular flexibility index (Phi) is 8.21. The van der Waals surface area contributed by atoms with Crippen molar-refractivity contribution in [1.82, 2.24) is 9.97 Å². The van der Waals surface area contributed by atoms with Gasteiger partial charge in [-0.05, 0) is 29.8 Å². The molecule has 9 heteroatoms. The third-order valence-corrected chi connectivity index (χ3v) is 5.88. The molecule has 31 heavy (non-hydrogen) atoms. The maximum absolute atomic E-state index is 13.0. The number of rotatable bonds is 4. The van der Waals surface area contributed by atoms with E-state index in [1.807, 2.05) is 30.3 Å². The standard InChI is InChI=1S/C22H20N4O2S.2ClH/c1-25(16-11-13-23-14-12-16)22(27)26(2)21-24-19-18(28-3)10-9-17(20(19)29-21)15-7-5-4-6-8-15;;/h4-14H,1-3H3;2*1H. The summed E-state index contributed by atoms with van der Waals surface area (Å²) in [4.78, 5) is 24.9. The number of nitrogens with zero attached hydrogens (tertiary/aromatic N) is 4. The van der Waals surface area contributed by atoms with E-state index in [4.69, 9.17) is 9.72 Å². The van der Waals surface area contributed by atoms with Crippen molar-refractivity contribution in [2.75, 3.05) is 31.0 Å². The lowest BCUT2D eigenvalue weighted by atomic mass is 10.1. The van der Waals surface area contributed by atoms with Crippen LogP contribution in [0.1, 0.15) is 0 Å². The van der Waals surface area contributed by atoms with Crippen LogP contribution in [0.4, 0.5) is 15.6 Å². The minimum Gasteiger partial charge on any atom is -0.494 e. The molecule has 0 radical (unpaired) electrons. The number of thiazole rings is 1. The Morgan fingerprint density at radius 3 is 2.26 bits per heavy atom. The topological polar surface area (TPSA) is 58.6 Å². The first-order chi connectivity index (χ1) is 14.1. The van der Waals surface area contributed by atoms with Crippen molar-refractivity contribution in [3.63, 3.8) is 0 Å². The number of ether oxygens (including phenoxy) is 1. The number of pyridine rings is 1. The fourth-order valence-electron chi connectivity index (χ4n) is 3.11. The first-order valence-corrected chi connectivity index (χ1v) is 9.86. The van der Waals surface area contributed by atoms with Crippen LogP contribution in [0, 0.1) is 0 Å². The molecule has 0 bridgehead atoms. The lowest BCUT2D eigenvalue weighted by Gasteiger charge is -2.22. The molecule has 4 rings (SSSR count). The number of urea groups is 1. The van der Waals surface area contributed by atoms with Crippen molar-refractivity contribution in [2.24, 2.45) is 0 Å². The van der Waals surface area contributed by atoms with Crippen molar-refractivity contribution >= 4 is 63.2 Å². The van der Waals surface area contributed by atoms with E-state index < -0.39 is 0 Å². The van der Waals surface area contributed by atoms with Gasteiger partial charge >= 0.3 is 6.03 Å². The number of hydrogen-bond donors (Lipinski definition) is 0. The zero-order valence-electron chi connectivity index (χ0n) is 17.2. The molecular formula is C22H22Cl2N4O2S. The Balaban J connectivity index is 0.00000171. The first kappa shape index (κ1) is 24.4. The largest absolute Gasteiger partial charge is 0.494 e. The van der Waals surface area contributed by atoms with Gasteiger partial charge in [-0.2, -0.15) is 0 Å². The Morgan fingerprint density at radius 2 is 1.61 bits per heavy atom. The van der Waals surface area contributed by atoms with Crippen molar-refractivity contribution < 1.29 is 9.53 Å². The van der Waals surface area contributed by atoms with Gasteiger partial charge in [0, 0.05) is 37.7 Å². The van der Waals surface area contributed by atoms with Gasteiger partial charge < -0.3 is 4.74 Å². The number of methoxy groups -OCH3 is 1. The predicted molar refractivity (Wildman–Crippen MR) is 133 cm³/mol. The summed E-state index contributed by atoms with van der Waals surface area (Å²) in [5, 5.41) is 0.604. The number of carbonyl (C=O) groups is 1. The molecule has 0 saturated heterocycles. The zero-order chi connectivity index (χ0) is 20.4. The van der Waals surface area contributed by atoms with Gasteiger partial charge in [-0.3, -0.25) is 14.8 Å². The van der Waals surface area contributed by atoms with E-state index in [-0.39, 0.29) is 30.8 Å². The summed E-state index contributed by atoms with van der Waals surface area (Å²) in [5.74, 6) is 0.686. The van der Waals surface area contributed by atoms with Gasteiger partial charge in [0.05, 0.1) is 11.8 Å². The van der Waals surface area contributed by atoms with E-state index in [1.54, 1.807) is 55.5 Å². The summed E-state index contributed by atoms with van der Waals surface area (Å²) < 4.78 is 6.50. The quantitative estimate of drug-likeness (QED) is 0.367. The van der Waals surface area contributed by atoms with Crippen molar-refractivity contribution in [3.05, 3.63) is 67.0 Å². The molecule has 0 aliphatic carbocycles. The van der Waals surface area contributed by atoms with Crippen LogP contribution >= 0.6 is 36.2 Å². The molecule has 2 heterocycles. The van der Waals surface area contributed by atoms with Crippen LogP contribution in [-0.4, -0.2) is 37.2 Å². The predicted octanol–water partition coefficient (Wildman–Crippen LogP) is 5.90. The highest BCUT2D eigenvalue weighted by atomic mass is 35.5. The summed E-state index contributed by atoms with van der Waals surface area (Å²) in [6.45, 7) is 0. The SMILES string of the molecule is COc1ccc(-c2ccccc2)c2sc(N(C)C(=O)N(C)c3ccncc3)nc12.Cl.Cl. The van der Waals surface area contributed by atoms with Crippen LogP contribution < -0.4 is 14.5 Å². The third kappa shape index (κ3) is 4.74. The Morgan fingerprint density at radius 1 is 0.935 bits per heavy atom. The molecule has 0 unspecified atom stereocenters. The second kappa shape index (κ2) is 10.4. The molecular weight excluding hydrogens is 455 g/mol. The van der Waals surface area contributed by atoms with Gasteiger partial charge in [-0.1, -0.05) is 41.7 Å².